The number of carbonyl (C=O) groups is 2. The van der Waals surface area contributed by atoms with Gasteiger partial charge in [0, 0.05) is 75.8 Å². The van der Waals surface area contributed by atoms with Crippen molar-refractivity contribution >= 4 is 17.7 Å². The topological polar surface area (TPSA) is 93.8 Å². The maximum Gasteiger partial charge on any atom is 0.416 e. The number of aromatic nitrogens is 2. The van der Waals surface area contributed by atoms with Crippen LogP contribution in [0.15, 0.2) is 60.9 Å². The molecule has 3 aromatic rings. The normalized spacial score (nSPS) is 18.6. The van der Waals surface area contributed by atoms with Crippen molar-refractivity contribution in [1.82, 2.24) is 24.7 Å². The van der Waals surface area contributed by atoms with Crippen molar-refractivity contribution in [3.8, 4) is 5.88 Å². The number of piperazine rings is 1. The molecule has 0 aliphatic carbocycles. The second-order valence-electron chi connectivity index (χ2n) is 10.7. The van der Waals surface area contributed by atoms with Crippen LogP contribution in [0.2, 0.25) is 0 Å². The standard InChI is InChI=1S/C30H38N6O3/c1-23-4-3-14-35(21-23)22-24-6-8-25(9-7-24)29(37)33-27-10-11-28(32-20-27)39-30(38)36-18-16-34(17-19-36)15-12-26-5-2-13-31-26/h2,5-11,13,20,23,31H,3-4,12,14-19,21-22H2,1H3,(H,33,37). The van der Waals surface area contributed by atoms with E-state index < -0.39 is 6.09 Å². The minimum atomic E-state index is -0.401. The third-order valence-corrected chi connectivity index (χ3v) is 7.54. The molecule has 2 fully saturated rings. The van der Waals surface area contributed by atoms with Gasteiger partial charge in [0.1, 0.15) is 0 Å². The summed E-state index contributed by atoms with van der Waals surface area (Å²) >= 11 is 0. The van der Waals surface area contributed by atoms with Crippen LogP contribution in [0.4, 0.5) is 10.5 Å². The number of anilines is 1. The van der Waals surface area contributed by atoms with Crippen LogP contribution in [0.5, 0.6) is 5.88 Å². The summed E-state index contributed by atoms with van der Waals surface area (Å²) < 4.78 is 5.47. The first-order chi connectivity index (χ1) is 19.0. The predicted molar refractivity (Wildman–Crippen MR) is 151 cm³/mol. The molecule has 2 aromatic heterocycles. The van der Waals surface area contributed by atoms with Crippen LogP contribution in [0.1, 0.15) is 41.4 Å². The summed E-state index contributed by atoms with van der Waals surface area (Å²) in [7, 11) is 0. The second-order valence-corrected chi connectivity index (χ2v) is 10.7. The predicted octanol–water partition coefficient (Wildman–Crippen LogP) is 4.25. The second kappa shape index (κ2) is 12.9. The summed E-state index contributed by atoms with van der Waals surface area (Å²) in [6.07, 6.45) is 6.56. The molecule has 206 valence electrons. The Balaban J connectivity index is 1.05. The molecule has 2 amide bonds. The van der Waals surface area contributed by atoms with Gasteiger partial charge in [-0.05, 0) is 61.2 Å². The zero-order valence-electron chi connectivity index (χ0n) is 22.6. The molecule has 2 saturated heterocycles. The summed E-state index contributed by atoms with van der Waals surface area (Å²) in [5, 5.41) is 2.87. The van der Waals surface area contributed by atoms with Gasteiger partial charge >= 0.3 is 6.09 Å². The molecule has 2 aliphatic rings. The number of likely N-dealkylation sites (tertiary alicyclic amines) is 1. The lowest BCUT2D eigenvalue weighted by molar-refractivity contribution is 0.102. The highest BCUT2D eigenvalue weighted by Gasteiger charge is 2.23. The number of pyridine rings is 1. The summed E-state index contributed by atoms with van der Waals surface area (Å²) in [6.45, 7) is 9.31. The number of amides is 2. The highest BCUT2D eigenvalue weighted by atomic mass is 16.6. The van der Waals surface area contributed by atoms with Gasteiger partial charge in [0.25, 0.3) is 5.91 Å². The average Bonchev–Trinajstić information content (AvgIpc) is 3.47. The van der Waals surface area contributed by atoms with Crippen LogP contribution in [0.25, 0.3) is 0 Å². The molecule has 2 N–H and O–H groups in total. The maximum absolute atomic E-state index is 12.7. The fourth-order valence-electron chi connectivity index (χ4n) is 5.28. The fraction of sp³-hybridized carbons (Fsp3) is 0.433. The molecule has 1 atom stereocenters. The molecule has 0 radical (unpaired) electrons. The number of rotatable bonds is 8. The zero-order chi connectivity index (χ0) is 27.0. The summed E-state index contributed by atoms with van der Waals surface area (Å²) in [4.78, 5) is 39.3. The number of H-pyrrole nitrogens is 1. The number of aromatic amines is 1. The monoisotopic (exact) mass is 530 g/mol. The van der Waals surface area contributed by atoms with Gasteiger partial charge in [-0.1, -0.05) is 19.1 Å². The van der Waals surface area contributed by atoms with Crippen LogP contribution in [-0.2, 0) is 13.0 Å². The van der Waals surface area contributed by atoms with Gasteiger partial charge in [-0.15, -0.1) is 0 Å². The highest BCUT2D eigenvalue weighted by Crippen LogP contribution is 2.19. The van der Waals surface area contributed by atoms with Gasteiger partial charge in [0.15, 0.2) is 0 Å². The van der Waals surface area contributed by atoms with Crippen LogP contribution >= 0.6 is 0 Å². The van der Waals surface area contributed by atoms with E-state index in [1.807, 2.05) is 36.5 Å². The summed E-state index contributed by atoms with van der Waals surface area (Å²) in [5.41, 5.74) is 3.57. The summed E-state index contributed by atoms with van der Waals surface area (Å²) in [6, 6.07) is 15.2. The number of hydrogen-bond acceptors (Lipinski definition) is 6. The number of nitrogens with one attached hydrogen (secondary N) is 2. The third kappa shape index (κ3) is 7.68. The van der Waals surface area contributed by atoms with Gasteiger partial charge in [-0.3, -0.25) is 14.6 Å². The Morgan fingerprint density at radius 3 is 2.54 bits per heavy atom. The largest absolute Gasteiger partial charge is 0.416 e. The molecule has 5 rings (SSSR count). The quantitative estimate of drug-likeness (QED) is 0.452. The maximum atomic E-state index is 12.7. The van der Waals surface area contributed by atoms with Crippen molar-refractivity contribution in [3.63, 3.8) is 0 Å². The number of hydrogen-bond donors (Lipinski definition) is 2. The molecule has 4 heterocycles. The van der Waals surface area contributed by atoms with Crippen LogP contribution < -0.4 is 10.1 Å². The van der Waals surface area contributed by atoms with E-state index in [1.165, 1.54) is 30.3 Å². The summed E-state index contributed by atoms with van der Waals surface area (Å²) in [5.74, 6) is 0.755. The number of benzene rings is 1. The van der Waals surface area contributed by atoms with E-state index in [0.29, 0.717) is 24.3 Å². The van der Waals surface area contributed by atoms with E-state index in [4.69, 9.17) is 4.74 Å². The average molecular weight is 531 g/mol. The number of piperidine rings is 1. The van der Waals surface area contributed by atoms with E-state index in [9.17, 15) is 9.59 Å². The van der Waals surface area contributed by atoms with Crippen molar-refractivity contribution < 1.29 is 14.3 Å². The SMILES string of the molecule is CC1CCCN(Cc2ccc(C(=O)Nc3ccc(OC(=O)N4CCN(CCc5ccc[nH]5)CC4)nc3)cc2)C1. The van der Waals surface area contributed by atoms with E-state index >= 15 is 0 Å². The van der Waals surface area contributed by atoms with Gasteiger partial charge in [-0.25, -0.2) is 9.78 Å². The van der Waals surface area contributed by atoms with Crippen molar-refractivity contribution in [2.24, 2.45) is 5.92 Å². The Bertz CT molecular complexity index is 1200. The molecular formula is C30H38N6O3. The molecule has 0 spiro atoms. The lowest BCUT2D eigenvalue weighted by Crippen LogP contribution is -2.50. The van der Waals surface area contributed by atoms with E-state index in [-0.39, 0.29) is 11.8 Å². The Hall–Kier alpha value is -3.69. The molecule has 1 aromatic carbocycles. The minimum absolute atomic E-state index is 0.200. The fourth-order valence-corrected chi connectivity index (χ4v) is 5.28. The Labute approximate surface area is 230 Å². The smallest absolute Gasteiger partial charge is 0.391 e. The van der Waals surface area contributed by atoms with Crippen molar-refractivity contribution in [3.05, 3.63) is 77.7 Å². The lowest BCUT2D eigenvalue weighted by Gasteiger charge is -2.33. The first-order valence-electron chi connectivity index (χ1n) is 13.9. The van der Waals surface area contributed by atoms with Crippen LogP contribution in [0, 0.1) is 5.92 Å². The van der Waals surface area contributed by atoms with Crippen molar-refractivity contribution in [2.45, 2.75) is 32.7 Å². The van der Waals surface area contributed by atoms with Gasteiger partial charge < -0.3 is 19.9 Å². The molecule has 39 heavy (non-hydrogen) atoms. The number of nitrogens with zero attached hydrogens (tertiary/aromatic N) is 4. The first kappa shape index (κ1) is 26.9. The Kier molecular flexibility index (Phi) is 8.90. The van der Waals surface area contributed by atoms with Crippen molar-refractivity contribution in [2.75, 3.05) is 51.1 Å². The van der Waals surface area contributed by atoms with Crippen LogP contribution in [-0.4, -0.2) is 82.5 Å². The van der Waals surface area contributed by atoms with E-state index in [2.05, 4.69) is 38.1 Å². The number of carbonyl (C=O) groups excluding carboxylic acids is 2. The van der Waals surface area contributed by atoms with E-state index in [0.717, 1.165) is 51.6 Å². The van der Waals surface area contributed by atoms with Gasteiger partial charge in [-0.2, -0.15) is 0 Å². The molecule has 0 bridgehead atoms. The molecule has 9 nitrogen and oxygen atoms in total. The number of ether oxygens (including phenoxy) is 1. The Morgan fingerprint density at radius 2 is 1.85 bits per heavy atom. The molecule has 0 saturated carbocycles. The highest BCUT2D eigenvalue weighted by molar-refractivity contribution is 6.04. The van der Waals surface area contributed by atoms with Crippen molar-refractivity contribution in [1.29, 1.82) is 0 Å². The lowest BCUT2D eigenvalue weighted by atomic mass is 9.99. The molecular weight excluding hydrogens is 492 g/mol. The van der Waals surface area contributed by atoms with Gasteiger partial charge in [0.05, 0.1) is 11.9 Å². The van der Waals surface area contributed by atoms with E-state index in [1.54, 1.807) is 17.0 Å². The Morgan fingerprint density at radius 1 is 1.03 bits per heavy atom. The van der Waals surface area contributed by atoms with Crippen LogP contribution in [0.3, 0.4) is 0 Å². The molecule has 2 aliphatic heterocycles. The zero-order valence-corrected chi connectivity index (χ0v) is 22.6. The third-order valence-electron chi connectivity index (χ3n) is 7.54. The van der Waals surface area contributed by atoms with Gasteiger partial charge in [0.2, 0.25) is 5.88 Å². The first-order valence-corrected chi connectivity index (χ1v) is 13.9. The molecule has 1 unspecified atom stereocenters. The minimum Gasteiger partial charge on any atom is -0.391 e. The molecule has 9 heteroatoms.